The van der Waals surface area contributed by atoms with Crippen LogP contribution in [-0.2, 0) is 14.3 Å². The molecule has 27 heavy (non-hydrogen) atoms. The molecule has 0 saturated carbocycles. The van der Waals surface area contributed by atoms with Crippen LogP contribution in [-0.4, -0.2) is 46.1 Å². The summed E-state index contributed by atoms with van der Waals surface area (Å²) in [4.78, 5) is 26.9. The van der Waals surface area contributed by atoms with Crippen LogP contribution in [0.1, 0.15) is 52.1 Å². The third-order valence-electron chi connectivity index (χ3n) is 4.38. The van der Waals surface area contributed by atoms with E-state index >= 15 is 0 Å². The summed E-state index contributed by atoms with van der Waals surface area (Å²) in [6.07, 6.45) is 0.917. The summed E-state index contributed by atoms with van der Waals surface area (Å²) >= 11 is 0. The quantitative estimate of drug-likeness (QED) is 0.645. The monoisotopic (exact) mass is 375 g/mol. The van der Waals surface area contributed by atoms with E-state index in [1.807, 2.05) is 27.7 Å². The van der Waals surface area contributed by atoms with Gasteiger partial charge in [-0.1, -0.05) is 26.0 Å². The molecule has 0 saturated heterocycles. The fourth-order valence-corrected chi connectivity index (χ4v) is 3.25. The second kappa shape index (κ2) is 9.04. The van der Waals surface area contributed by atoms with Crippen LogP contribution in [0.3, 0.4) is 0 Å². The molecule has 0 aliphatic carbocycles. The third-order valence-corrected chi connectivity index (χ3v) is 4.38. The molecule has 0 fully saturated rings. The zero-order valence-corrected chi connectivity index (χ0v) is 16.4. The molecule has 1 aromatic carbocycles. The van der Waals surface area contributed by atoms with E-state index in [-0.39, 0.29) is 35.5 Å². The highest BCUT2D eigenvalue weighted by Gasteiger charge is 2.43. The zero-order valence-electron chi connectivity index (χ0n) is 16.4. The van der Waals surface area contributed by atoms with Gasteiger partial charge >= 0.3 is 0 Å². The molecular formula is C21H29NO5. The lowest BCUT2D eigenvalue weighted by atomic mass is 9.92. The van der Waals surface area contributed by atoms with Crippen molar-refractivity contribution in [2.75, 3.05) is 13.2 Å². The number of carbonyl (C=O) groups excluding carboxylic acids is 2. The van der Waals surface area contributed by atoms with Crippen LogP contribution in [0.4, 0.5) is 0 Å². The highest BCUT2D eigenvalue weighted by atomic mass is 16.5. The summed E-state index contributed by atoms with van der Waals surface area (Å²) in [6.45, 7) is 8.52. The van der Waals surface area contributed by atoms with Gasteiger partial charge in [-0.05, 0) is 43.9 Å². The minimum Gasteiger partial charge on any atom is -0.508 e. The molecule has 0 radical (unpaired) electrons. The average molecular weight is 375 g/mol. The van der Waals surface area contributed by atoms with Crippen LogP contribution in [0.25, 0.3) is 0 Å². The van der Waals surface area contributed by atoms with Gasteiger partial charge in [-0.2, -0.15) is 0 Å². The van der Waals surface area contributed by atoms with Crippen molar-refractivity contribution in [1.82, 2.24) is 4.90 Å². The minimum atomic E-state index is -0.699. The van der Waals surface area contributed by atoms with Gasteiger partial charge in [-0.15, -0.1) is 0 Å². The molecule has 2 rings (SSSR count). The Balaban J connectivity index is 2.33. The number of hydrogen-bond donors (Lipinski definition) is 2. The van der Waals surface area contributed by atoms with Crippen molar-refractivity contribution in [3.05, 3.63) is 41.2 Å². The number of aliphatic hydroxyl groups is 1. The van der Waals surface area contributed by atoms with Gasteiger partial charge in [0.1, 0.15) is 5.75 Å². The molecule has 0 spiro atoms. The number of rotatable bonds is 9. The largest absolute Gasteiger partial charge is 0.508 e. The zero-order chi connectivity index (χ0) is 20.1. The van der Waals surface area contributed by atoms with Crippen LogP contribution in [0, 0.1) is 5.92 Å². The van der Waals surface area contributed by atoms with Gasteiger partial charge in [0.2, 0.25) is 0 Å². The Bertz CT molecular complexity index is 723. The second-order valence-electron chi connectivity index (χ2n) is 7.55. The molecule has 1 aliphatic rings. The number of phenolic OH excluding ortho intramolecular Hbond substituents is 1. The van der Waals surface area contributed by atoms with E-state index in [0.717, 1.165) is 0 Å². The van der Waals surface area contributed by atoms with E-state index in [2.05, 4.69) is 0 Å². The number of ether oxygens (including phenoxy) is 1. The Labute approximate surface area is 160 Å². The van der Waals surface area contributed by atoms with Crippen LogP contribution >= 0.6 is 0 Å². The molecule has 1 unspecified atom stereocenters. The van der Waals surface area contributed by atoms with E-state index < -0.39 is 17.7 Å². The lowest BCUT2D eigenvalue weighted by molar-refractivity contribution is -0.129. The van der Waals surface area contributed by atoms with Crippen molar-refractivity contribution in [3.63, 3.8) is 0 Å². The maximum absolute atomic E-state index is 12.8. The molecule has 1 aliphatic heterocycles. The van der Waals surface area contributed by atoms with E-state index in [4.69, 9.17) is 4.74 Å². The van der Waals surface area contributed by atoms with Gasteiger partial charge in [-0.25, -0.2) is 0 Å². The first-order chi connectivity index (χ1) is 12.7. The third kappa shape index (κ3) is 5.10. The van der Waals surface area contributed by atoms with E-state index in [1.54, 1.807) is 12.1 Å². The van der Waals surface area contributed by atoms with Crippen molar-refractivity contribution in [2.24, 2.45) is 5.92 Å². The Kier molecular flexibility index (Phi) is 7.02. The Hall–Kier alpha value is -2.34. The highest BCUT2D eigenvalue weighted by molar-refractivity contribution is 6.09. The van der Waals surface area contributed by atoms with Crippen LogP contribution in [0.15, 0.2) is 35.6 Å². The summed E-state index contributed by atoms with van der Waals surface area (Å²) in [5, 5.41) is 20.3. The number of phenols is 1. The van der Waals surface area contributed by atoms with Crippen LogP contribution < -0.4 is 0 Å². The van der Waals surface area contributed by atoms with Gasteiger partial charge in [-0.3, -0.25) is 9.59 Å². The summed E-state index contributed by atoms with van der Waals surface area (Å²) in [5.41, 5.74) is 0.716. The molecule has 1 amide bonds. The fourth-order valence-electron chi connectivity index (χ4n) is 3.25. The number of amides is 1. The standard InChI is InChI=1S/C21H29NO5/c1-13(2)11-17(24)18-19(15-7-5-8-16(23)12-15)22(21(26)20(18)25)9-6-10-27-14(3)4/h5,7-8,12-14,19,23,25H,6,9-11H2,1-4H3. The summed E-state index contributed by atoms with van der Waals surface area (Å²) in [6, 6.07) is 5.76. The summed E-state index contributed by atoms with van der Waals surface area (Å²) < 4.78 is 5.53. The van der Waals surface area contributed by atoms with Gasteiger partial charge in [0.15, 0.2) is 11.5 Å². The van der Waals surface area contributed by atoms with Crippen LogP contribution in [0.2, 0.25) is 0 Å². The van der Waals surface area contributed by atoms with E-state index in [0.29, 0.717) is 25.1 Å². The Morgan fingerprint density at radius 3 is 2.52 bits per heavy atom. The number of benzene rings is 1. The molecule has 6 nitrogen and oxygen atoms in total. The number of ketones is 1. The molecule has 0 aromatic heterocycles. The minimum absolute atomic E-state index is 0.0464. The number of carbonyl (C=O) groups is 2. The predicted molar refractivity (Wildman–Crippen MR) is 102 cm³/mol. The van der Waals surface area contributed by atoms with Crippen molar-refractivity contribution < 1.29 is 24.5 Å². The first-order valence-electron chi connectivity index (χ1n) is 9.40. The summed E-state index contributed by atoms with van der Waals surface area (Å²) in [5.74, 6) is -1.14. The topological polar surface area (TPSA) is 87.1 Å². The number of nitrogens with zero attached hydrogens (tertiary/aromatic N) is 1. The highest BCUT2D eigenvalue weighted by Crippen LogP contribution is 2.39. The molecule has 6 heteroatoms. The fraction of sp³-hybridized carbons (Fsp3) is 0.524. The molecule has 0 bridgehead atoms. The normalized spacial score (nSPS) is 17.5. The predicted octanol–water partition coefficient (Wildman–Crippen LogP) is 3.52. The lowest BCUT2D eigenvalue weighted by Crippen LogP contribution is -2.32. The van der Waals surface area contributed by atoms with E-state index in [9.17, 15) is 19.8 Å². The smallest absolute Gasteiger partial charge is 0.290 e. The lowest BCUT2D eigenvalue weighted by Gasteiger charge is -2.27. The van der Waals surface area contributed by atoms with Gasteiger partial charge in [0, 0.05) is 19.6 Å². The summed E-state index contributed by atoms with van der Waals surface area (Å²) in [7, 11) is 0. The average Bonchev–Trinajstić information content (AvgIpc) is 2.82. The van der Waals surface area contributed by atoms with Crippen molar-refractivity contribution >= 4 is 11.7 Å². The van der Waals surface area contributed by atoms with Crippen molar-refractivity contribution in [2.45, 2.75) is 52.7 Å². The number of hydrogen-bond acceptors (Lipinski definition) is 5. The van der Waals surface area contributed by atoms with Crippen molar-refractivity contribution in [1.29, 1.82) is 0 Å². The van der Waals surface area contributed by atoms with E-state index in [1.165, 1.54) is 17.0 Å². The molecular weight excluding hydrogens is 346 g/mol. The first-order valence-corrected chi connectivity index (χ1v) is 9.40. The molecule has 1 atom stereocenters. The SMILES string of the molecule is CC(C)CC(=O)C1=C(O)C(=O)N(CCCOC(C)C)C1c1cccc(O)c1. The number of aromatic hydroxyl groups is 1. The molecule has 148 valence electrons. The number of Topliss-reactive ketones (excluding diaryl/α,β-unsaturated/α-hetero) is 1. The maximum atomic E-state index is 12.8. The van der Waals surface area contributed by atoms with Crippen LogP contribution in [0.5, 0.6) is 5.75 Å². The molecule has 1 aromatic rings. The molecule has 1 heterocycles. The maximum Gasteiger partial charge on any atom is 0.290 e. The second-order valence-corrected chi connectivity index (χ2v) is 7.55. The first kappa shape index (κ1) is 21.0. The van der Waals surface area contributed by atoms with Gasteiger partial charge in [0.05, 0.1) is 17.7 Å². The number of aliphatic hydroxyl groups excluding tert-OH is 1. The Morgan fingerprint density at radius 2 is 1.93 bits per heavy atom. The van der Waals surface area contributed by atoms with Gasteiger partial charge < -0.3 is 19.8 Å². The van der Waals surface area contributed by atoms with Crippen molar-refractivity contribution in [3.8, 4) is 5.75 Å². The van der Waals surface area contributed by atoms with Gasteiger partial charge in [0.25, 0.3) is 5.91 Å². The molecule has 2 N–H and O–H groups in total. The Morgan fingerprint density at radius 1 is 1.22 bits per heavy atom.